The van der Waals surface area contributed by atoms with Crippen LogP contribution in [0.4, 0.5) is 0 Å². The summed E-state index contributed by atoms with van der Waals surface area (Å²) in [6.45, 7) is 1.89. The Labute approximate surface area is 128 Å². The molecule has 0 spiro atoms. The van der Waals surface area contributed by atoms with Crippen molar-refractivity contribution in [3.63, 3.8) is 0 Å². The van der Waals surface area contributed by atoms with Crippen LogP contribution in [0, 0.1) is 0 Å². The monoisotopic (exact) mass is 306 g/mol. The van der Waals surface area contributed by atoms with Crippen LogP contribution in [0.5, 0.6) is 5.75 Å². The average molecular weight is 306 g/mol. The molecule has 0 unspecified atom stereocenters. The van der Waals surface area contributed by atoms with E-state index in [9.17, 15) is 14.4 Å². The Morgan fingerprint density at radius 2 is 1.95 bits per heavy atom. The van der Waals surface area contributed by atoms with E-state index in [4.69, 9.17) is 9.84 Å². The summed E-state index contributed by atoms with van der Waals surface area (Å²) in [5, 5.41) is 8.91. The van der Waals surface area contributed by atoms with Crippen molar-refractivity contribution in [2.24, 2.45) is 0 Å². The van der Waals surface area contributed by atoms with E-state index in [-0.39, 0.29) is 31.2 Å². The number of nitrogens with zero attached hydrogens (tertiary/aromatic N) is 2. The van der Waals surface area contributed by atoms with E-state index in [1.807, 2.05) is 0 Å². The highest BCUT2D eigenvalue weighted by atomic mass is 16.5. The summed E-state index contributed by atoms with van der Waals surface area (Å²) < 4.78 is 5.51. The third kappa shape index (κ3) is 3.09. The number of hydrogen-bond acceptors (Lipinski definition) is 5. The Hall–Kier alpha value is -2.41. The largest absolute Gasteiger partial charge is 0.492 e. The fourth-order valence-electron chi connectivity index (χ4n) is 2.12. The highest BCUT2D eigenvalue weighted by Gasteiger charge is 2.35. The van der Waals surface area contributed by atoms with Crippen LogP contribution in [-0.4, -0.2) is 66.0 Å². The first-order valence-corrected chi connectivity index (χ1v) is 6.91. The Morgan fingerprint density at radius 3 is 2.59 bits per heavy atom. The smallest absolute Gasteiger partial charge is 0.261 e. The van der Waals surface area contributed by atoms with Gasteiger partial charge in [-0.2, -0.15) is 0 Å². The number of amides is 3. The molecule has 0 fully saturated rings. The normalized spacial score (nSPS) is 13.3. The molecule has 7 nitrogen and oxygen atoms in total. The van der Waals surface area contributed by atoms with Gasteiger partial charge in [0.2, 0.25) is 5.91 Å². The van der Waals surface area contributed by atoms with E-state index < -0.39 is 11.8 Å². The van der Waals surface area contributed by atoms with Gasteiger partial charge in [-0.25, -0.2) is 0 Å². The van der Waals surface area contributed by atoms with Crippen molar-refractivity contribution in [1.82, 2.24) is 9.80 Å². The van der Waals surface area contributed by atoms with Crippen LogP contribution in [0.2, 0.25) is 0 Å². The zero-order valence-corrected chi connectivity index (χ0v) is 12.5. The number of imide groups is 1. The summed E-state index contributed by atoms with van der Waals surface area (Å²) in [5.41, 5.74) is 0.586. The topological polar surface area (TPSA) is 87.2 Å². The second kappa shape index (κ2) is 6.57. The number of likely N-dealkylation sites (N-methyl/N-ethyl adjacent to an activating group) is 1. The van der Waals surface area contributed by atoms with Crippen molar-refractivity contribution >= 4 is 17.7 Å². The maximum absolute atomic E-state index is 12.1. The second-order valence-electron chi connectivity index (χ2n) is 4.98. The molecule has 0 saturated carbocycles. The molecule has 1 aliphatic rings. The third-order valence-corrected chi connectivity index (χ3v) is 3.50. The van der Waals surface area contributed by atoms with E-state index >= 15 is 0 Å². The maximum Gasteiger partial charge on any atom is 0.261 e. The Balaban J connectivity index is 2.06. The van der Waals surface area contributed by atoms with Crippen molar-refractivity contribution in [2.75, 3.05) is 33.4 Å². The number of β-amino-alcohol motifs (C(OH)–C–C–N with tert-alkyl or cyclic N) is 1. The van der Waals surface area contributed by atoms with Gasteiger partial charge in [-0.15, -0.1) is 0 Å². The number of aliphatic hydroxyl groups excluding tert-OH is 1. The van der Waals surface area contributed by atoms with Crippen LogP contribution in [0.1, 0.15) is 27.6 Å². The van der Waals surface area contributed by atoms with Crippen molar-refractivity contribution in [2.45, 2.75) is 6.92 Å². The quantitative estimate of drug-likeness (QED) is 0.755. The van der Waals surface area contributed by atoms with E-state index in [0.717, 1.165) is 4.90 Å². The summed E-state index contributed by atoms with van der Waals surface area (Å²) in [5.74, 6) is -0.432. The highest BCUT2D eigenvalue weighted by molar-refractivity contribution is 6.21. The lowest BCUT2D eigenvalue weighted by Crippen LogP contribution is -2.32. The number of ether oxygens (including phenoxy) is 1. The fourth-order valence-corrected chi connectivity index (χ4v) is 2.12. The van der Waals surface area contributed by atoms with Gasteiger partial charge in [-0.1, -0.05) is 0 Å². The fraction of sp³-hybridized carbons (Fsp3) is 0.400. The van der Waals surface area contributed by atoms with Crippen LogP contribution < -0.4 is 4.74 Å². The number of benzene rings is 1. The first kappa shape index (κ1) is 16.0. The zero-order valence-electron chi connectivity index (χ0n) is 12.5. The number of hydrogen-bond donors (Lipinski definition) is 1. The lowest BCUT2D eigenvalue weighted by Gasteiger charge is -2.15. The van der Waals surface area contributed by atoms with Crippen LogP contribution in [0.15, 0.2) is 18.2 Å². The van der Waals surface area contributed by atoms with Crippen LogP contribution in [-0.2, 0) is 4.79 Å². The molecule has 1 aliphatic heterocycles. The summed E-state index contributed by atoms with van der Waals surface area (Å²) in [6, 6.07) is 4.66. The molecule has 1 N–H and O–H groups in total. The van der Waals surface area contributed by atoms with Gasteiger partial charge in [0, 0.05) is 14.0 Å². The van der Waals surface area contributed by atoms with E-state index in [2.05, 4.69) is 0 Å². The minimum atomic E-state index is -0.430. The number of rotatable bonds is 6. The molecule has 2 rings (SSSR count). The molecule has 118 valence electrons. The van der Waals surface area contributed by atoms with Crippen molar-refractivity contribution in [3.8, 4) is 5.75 Å². The van der Waals surface area contributed by atoms with Crippen molar-refractivity contribution < 1.29 is 24.2 Å². The Morgan fingerprint density at radius 1 is 1.27 bits per heavy atom. The van der Waals surface area contributed by atoms with Crippen LogP contribution >= 0.6 is 0 Å². The van der Waals surface area contributed by atoms with Gasteiger partial charge in [0.15, 0.2) is 0 Å². The van der Waals surface area contributed by atoms with Crippen LogP contribution in [0.25, 0.3) is 0 Å². The van der Waals surface area contributed by atoms with Gasteiger partial charge in [0.1, 0.15) is 12.4 Å². The third-order valence-electron chi connectivity index (χ3n) is 3.50. The van der Waals surface area contributed by atoms with Gasteiger partial charge >= 0.3 is 0 Å². The summed E-state index contributed by atoms with van der Waals surface area (Å²) in [7, 11) is 1.67. The van der Waals surface area contributed by atoms with Gasteiger partial charge in [0.05, 0.1) is 30.8 Å². The SMILES string of the molecule is CC(=O)N(C)CCOc1ccc2c(c1)C(=O)N(CCO)C2=O. The molecule has 1 aromatic carbocycles. The Bertz CT molecular complexity index is 614. The molecule has 0 radical (unpaired) electrons. The molecule has 0 aliphatic carbocycles. The van der Waals surface area contributed by atoms with E-state index in [0.29, 0.717) is 17.9 Å². The maximum atomic E-state index is 12.1. The van der Waals surface area contributed by atoms with Gasteiger partial charge < -0.3 is 14.7 Å². The van der Waals surface area contributed by atoms with Gasteiger partial charge in [-0.3, -0.25) is 19.3 Å². The van der Waals surface area contributed by atoms with Crippen molar-refractivity contribution in [1.29, 1.82) is 0 Å². The lowest BCUT2D eigenvalue weighted by molar-refractivity contribution is -0.127. The number of carbonyl (C=O) groups excluding carboxylic acids is 3. The van der Waals surface area contributed by atoms with E-state index in [1.165, 1.54) is 24.0 Å². The summed E-state index contributed by atoms with van der Waals surface area (Å²) in [4.78, 5) is 37.7. The molecule has 7 heteroatoms. The van der Waals surface area contributed by atoms with Gasteiger partial charge in [0.25, 0.3) is 11.8 Å². The number of carbonyl (C=O) groups is 3. The Kier molecular flexibility index (Phi) is 4.77. The first-order valence-electron chi connectivity index (χ1n) is 6.91. The highest BCUT2D eigenvalue weighted by Crippen LogP contribution is 2.26. The summed E-state index contributed by atoms with van der Waals surface area (Å²) in [6.07, 6.45) is 0. The molecule has 1 heterocycles. The average Bonchev–Trinajstić information content (AvgIpc) is 2.72. The second-order valence-corrected chi connectivity index (χ2v) is 4.98. The lowest BCUT2D eigenvalue weighted by atomic mass is 10.1. The molecule has 0 saturated heterocycles. The molecule has 3 amide bonds. The van der Waals surface area contributed by atoms with Gasteiger partial charge in [-0.05, 0) is 18.2 Å². The van der Waals surface area contributed by atoms with E-state index in [1.54, 1.807) is 13.1 Å². The first-order chi connectivity index (χ1) is 10.5. The molecule has 22 heavy (non-hydrogen) atoms. The standard InChI is InChI=1S/C15H18N2O5/c1-10(19)16(2)6-8-22-11-3-4-12-13(9-11)15(21)17(5-7-18)14(12)20/h3-4,9,18H,5-8H2,1-2H3. The predicted octanol–water partition coefficient (Wildman–Crippen LogP) is 0.132. The van der Waals surface area contributed by atoms with Crippen molar-refractivity contribution in [3.05, 3.63) is 29.3 Å². The number of aliphatic hydroxyl groups is 1. The molecule has 0 bridgehead atoms. The molecular formula is C15H18N2O5. The van der Waals surface area contributed by atoms with Crippen LogP contribution in [0.3, 0.4) is 0 Å². The zero-order chi connectivity index (χ0) is 16.3. The molecular weight excluding hydrogens is 288 g/mol. The minimum absolute atomic E-state index is 0.0219. The summed E-state index contributed by atoms with van der Waals surface area (Å²) >= 11 is 0. The number of fused-ring (bicyclic) bond motifs is 1. The molecule has 0 aromatic heterocycles. The minimum Gasteiger partial charge on any atom is -0.492 e. The predicted molar refractivity (Wildman–Crippen MR) is 77.7 cm³/mol. The molecule has 1 aromatic rings. The molecule has 0 atom stereocenters.